The van der Waals surface area contributed by atoms with Gasteiger partial charge in [-0.1, -0.05) is 24.3 Å². The van der Waals surface area contributed by atoms with Crippen LogP contribution in [-0.4, -0.2) is 11.6 Å². The molecular weight excluding hydrogens is 319 g/mol. The first-order chi connectivity index (χ1) is 11.3. The number of hydrazone groups is 1. The molecule has 0 spiro atoms. The number of amides is 1. The second-order valence-corrected chi connectivity index (χ2v) is 5.11. The predicted molar refractivity (Wildman–Crippen MR) is 88.0 cm³/mol. The fourth-order valence-electron chi connectivity index (χ4n) is 2.06. The summed E-state index contributed by atoms with van der Waals surface area (Å²) < 4.78 is 38.8. The third-order valence-corrected chi connectivity index (χ3v) is 3.18. The molecule has 0 fully saturated rings. The zero-order valence-corrected chi connectivity index (χ0v) is 13.1. The fourth-order valence-corrected chi connectivity index (χ4v) is 2.06. The SMILES string of the molecule is CC(=O)Nc1cccc(C(C)=NNc2ccccc2C(F)(F)F)c1. The van der Waals surface area contributed by atoms with Gasteiger partial charge in [0.05, 0.1) is 17.0 Å². The summed E-state index contributed by atoms with van der Waals surface area (Å²) in [5.41, 5.74) is 3.30. The van der Waals surface area contributed by atoms with E-state index in [0.717, 1.165) is 6.07 Å². The first kappa shape index (κ1) is 17.5. The molecule has 0 aliphatic heterocycles. The highest BCUT2D eigenvalue weighted by molar-refractivity contribution is 6.00. The van der Waals surface area contributed by atoms with Crippen LogP contribution in [0.2, 0.25) is 0 Å². The number of hydrogen-bond acceptors (Lipinski definition) is 3. The van der Waals surface area contributed by atoms with Crippen molar-refractivity contribution in [1.82, 2.24) is 0 Å². The van der Waals surface area contributed by atoms with Gasteiger partial charge in [0, 0.05) is 12.6 Å². The normalized spacial score (nSPS) is 12.0. The van der Waals surface area contributed by atoms with Crippen LogP contribution in [0.15, 0.2) is 53.6 Å². The summed E-state index contributed by atoms with van der Waals surface area (Å²) >= 11 is 0. The molecule has 0 heterocycles. The molecule has 2 rings (SSSR count). The Morgan fingerprint density at radius 1 is 1.04 bits per heavy atom. The zero-order chi connectivity index (χ0) is 17.7. The Bertz CT molecular complexity index is 770. The van der Waals surface area contributed by atoms with E-state index in [1.807, 2.05) is 0 Å². The Labute approximate surface area is 137 Å². The highest BCUT2D eigenvalue weighted by atomic mass is 19.4. The van der Waals surface area contributed by atoms with Gasteiger partial charge >= 0.3 is 6.18 Å². The lowest BCUT2D eigenvalue weighted by molar-refractivity contribution is -0.137. The molecule has 2 aromatic carbocycles. The van der Waals surface area contributed by atoms with Crippen molar-refractivity contribution in [2.45, 2.75) is 20.0 Å². The summed E-state index contributed by atoms with van der Waals surface area (Å²) in [6.45, 7) is 3.05. The lowest BCUT2D eigenvalue weighted by atomic mass is 10.1. The van der Waals surface area contributed by atoms with E-state index in [4.69, 9.17) is 0 Å². The number of anilines is 2. The molecule has 0 radical (unpaired) electrons. The fraction of sp³-hybridized carbons (Fsp3) is 0.176. The lowest BCUT2D eigenvalue weighted by Crippen LogP contribution is -2.10. The summed E-state index contributed by atoms with van der Waals surface area (Å²) in [4.78, 5) is 11.1. The minimum atomic E-state index is -4.46. The van der Waals surface area contributed by atoms with Gasteiger partial charge in [0.25, 0.3) is 0 Å². The van der Waals surface area contributed by atoms with Gasteiger partial charge in [0.15, 0.2) is 0 Å². The molecule has 0 unspecified atom stereocenters. The van der Waals surface area contributed by atoms with E-state index in [1.165, 1.54) is 25.1 Å². The Kier molecular flexibility index (Phi) is 5.23. The number of nitrogens with zero attached hydrogens (tertiary/aromatic N) is 1. The third-order valence-electron chi connectivity index (χ3n) is 3.18. The summed E-state index contributed by atoms with van der Waals surface area (Å²) in [5, 5.41) is 6.65. The topological polar surface area (TPSA) is 53.5 Å². The van der Waals surface area contributed by atoms with Gasteiger partial charge in [0.2, 0.25) is 5.91 Å². The highest BCUT2D eigenvalue weighted by Crippen LogP contribution is 2.34. The molecule has 0 aliphatic carbocycles. The maximum Gasteiger partial charge on any atom is 0.418 e. The third kappa shape index (κ3) is 4.58. The lowest BCUT2D eigenvalue weighted by Gasteiger charge is -2.12. The van der Waals surface area contributed by atoms with Crippen molar-refractivity contribution in [3.63, 3.8) is 0 Å². The van der Waals surface area contributed by atoms with Crippen molar-refractivity contribution >= 4 is 23.0 Å². The van der Waals surface area contributed by atoms with E-state index in [0.29, 0.717) is 17.0 Å². The molecule has 0 saturated heterocycles. The van der Waals surface area contributed by atoms with Gasteiger partial charge in [-0.25, -0.2) is 0 Å². The van der Waals surface area contributed by atoms with Crippen molar-refractivity contribution in [1.29, 1.82) is 0 Å². The molecule has 126 valence electrons. The van der Waals surface area contributed by atoms with E-state index >= 15 is 0 Å². The zero-order valence-electron chi connectivity index (χ0n) is 13.1. The number of rotatable bonds is 4. The van der Waals surface area contributed by atoms with Crippen LogP contribution >= 0.6 is 0 Å². The molecule has 1 amide bonds. The van der Waals surface area contributed by atoms with Crippen LogP contribution in [0.25, 0.3) is 0 Å². The minimum Gasteiger partial charge on any atom is -0.326 e. The summed E-state index contributed by atoms with van der Waals surface area (Å²) in [7, 11) is 0. The van der Waals surface area contributed by atoms with Gasteiger partial charge in [-0.2, -0.15) is 18.3 Å². The number of para-hydroxylation sites is 1. The van der Waals surface area contributed by atoms with Gasteiger partial charge in [-0.05, 0) is 36.8 Å². The second-order valence-electron chi connectivity index (χ2n) is 5.11. The van der Waals surface area contributed by atoms with E-state index < -0.39 is 11.7 Å². The molecule has 0 bridgehead atoms. The van der Waals surface area contributed by atoms with Crippen molar-refractivity contribution in [2.75, 3.05) is 10.7 Å². The average molecular weight is 335 g/mol. The highest BCUT2D eigenvalue weighted by Gasteiger charge is 2.33. The molecular formula is C17H16F3N3O. The van der Waals surface area contributed by atoms with Crippen LogP contribution in [0.1, 0.15) is 25.0 Å². The quantitative estimate of drug-likeness (QED) is 0.638. The number of halogens is 3. The maximum atomic E-state index is 12.9. The Morgan fingerprint density at radius 2 is 1.75 bits per heavy atom. The summed E-state index contributed by atoms with van der Waals surface area (Å²) in [5.74, 6) is -0.209. The molecule has 0 saturated carbocycles. The van der Waals surface area contributed by atoms with Crippen LogP contribution in [0.4, 0.5) is 24.5 Å². The van der Waals surface area contributed by atoms with Crippen molar-refractivity contribution < 1.29 is 18.0 Å². The average Bonchev–Trinajstić information content (AvgIpc) is 2.51. The van der Waals surface area contributed by atoms with Crippen LogP contribution in [0.3, 0.4) is 0 Å². The van der Waals surface area contributed by atoms with E-state index in [-0.39, 0.29) is 11.6 Å². The Morgan fingerprint density at radius 3 is 2.42 bits per heavy atom. The van der Waals surface area contributed by atoms with E-state index in [9.17, 15) is 18.0 Å². The molecule has 2 N–H and O–H groups in total. The van der Waals surface area contributed by atoms with Crippen LogP contribution in [-0.2, 0) is 11.0 Å². The monoisotopic (exact) mass is 335 g/mol. The number of carbonyl (C=O) groups is 1. The minimum absolute atomic E-state index is 0.123. The summed E-state index contributed by atoms with van der Waals surface area (Å²) in [6, 6.07) is 12.0. The van der Waals surface area contributed by atoms with Crippen molar-refractivity contribution in [2.24, 2.45) is 5.10 Å². The largest absolute Gasteiger partial charge is 0.418 e. The molecule has 24 heavy (non-hydrogen) atoms. The summed E-state index contributed by atoms with van der Waals surface area (Å²) in [6.07, 6.45) is -4.46. The van der Waals surface area contributed by atoms with Crippen molar-refractivity contribution in [3.05, 3.63) is 59.7 Å². The maximum absolute atomic E-state index is 12.9. The van der Waals surface area contributed by atoms with Gasteiger partial charge in [-0.15, -0.1) is 0 Å². The number of nitrogens with one attached hydrogen (secondary N) is 2. The predicted octanol–water partition coefficient (Wildman–Crippen LogP) is 4.50. The number of hydrogen-bond donors (Lipinski definition) is 2. The van der Waals surface area contributed by atoms with E-state index in [2.05, 4.69) is 15.8 Å². The molecule has 7 heteroatoms. The molecule has 0 atom stereocenters. The first-order valence-corrected chi connectivity index (χ1v) is 7.12. The van der Waals surface area contributed by atoms with Gasteiger partial charge in [-0.3, -0.25) is 10.2 Å². The number of benzene rings is 2. The van der Waals surface area contributed by atoms with Crippen LogP contribution in [0, 0.1) is 0 Å². The molecule has 4 nitrogen and oxygen atoms in total. The van der Waals surface area contributed by atoms with Gasteiger partial charge < -0.3 is 5.32 Å². The molecule has 2 aromatic rings. The van der Waals surface area contributed by atoms with Crippen LogP contribution in [0.5, 0.6) is 0 Å². The number of carbonyl (C=O) groups excluding carboxylic acids is 1. The van der Waals surface area contributed by atoms with Crippen LogP contribution < -0.4 is 10.7 Å². The smallest absolute Gasteiger partial charge is 0.326 e. The molecule has 0 aliphatic rings. The second kappa shape index (κ2) is 7.16. The number of alkyl halides is 3. The van der Waals surface area contributed by atoms with Crippen molar-refractivity contribution in [3.8, 4) is 0 Å². The van der Waals surface area contributed by atoms with Gasteiger partial charge in [0.1, 0.15) is 0 Å². The standard InChI is InChI=1S/C17H16F3N3O/c1-11(13-6-5-7-14(10-13)21-12(2)24)22-23-16-9-4-3-8-15(16)17(18,19)20/h3-10,23H,1-2H3,(H,21,24). The Hall–Kier alpha value is -2.83. The Balaban J connectivity index is 2.23. The first-order valence-electron chi connectivity index (χ1n) is 7.12. The molecule has 0 aromatic heterocycles. The van der Waals surface area contributed by atoms with E-state index in [1.54, 1.807) is 31.2 Å².